The molecular weight excluding hydrogens is 264 g/mol. The van der Waals surface area contributed by atoms with E-state index in [0.29, 0.717) is 25.4 Å². The highest BCUT2D eigenvalue weighted by atomic mass is 16.6. The largest absolute Gasteiger partial charge is 0.378 e. The lowest BCUT2D eigenvalue weighted by Crippen LogP contribution is -2.49. The number of carbonyl (C=O) groups is 1. The van der Waals surface area contributed by atoms with E-state index < -0.39 is 11.0 Å². The van der Waals surface area contributed by atoms with Crippen molar-refractivity contribution in [3.05, 3.63) is 34.4 Å². The van der Waals surface area contributed by atoms with Crippen LogP contribution in [0.4, 0.5) is 16.2 Å². The van der Waals surface area contributed by atoms with Gasteiger partial charge in [0.1, 0.15) is 0 Å². The van der Waals surface area contributed by atoms with E-state index in [1.807, 2.05) is 0 Å². The summed E-state index contributed by atoms with van der Waals surface area (Å²) in [6, 6.07) is 5.46. The zero-order valence-electron chi connectivity index (χ0n) is 10.8. The summed E-state index contributed by atoms with van der Waals surface area (Å²) >= 11 is 0. The number of urea groups is 1. The van der Waals surface area contributed by atoms with E-state index >= 15 is 0 Å². The van der Waals surface area contributed by atoms with E-state index in [1.54, 1.807) is 6.07 Å². The van der Waals surface area contributed by atoms with Gasteiger partial charge in [0.05, 0.1) is 18.1 Å². The van der Waals surface area contributed by atoms with Crippen LogP contribution >= 0.6 is 0 Å². The Morgan fingerprint density at radius 2 is 2.40 bits per heavy atom. The summed E-state index contributed by atoms with van der Waals surface area (Å²) in [5.74, 6) is 0. The van der Waals surface area contributed by atoms with E-state index in [9.17, 15) is 14.9 Å². The minimum atomic E-state index is -0.508. The molecule has 20 heavy (non-hydrogen) atoms. The highest BCUT2D eigenvalue weighted by molar-refractivity contribution is 5.89. The van der Waals surface area contributed by atoms with Crippen molar-refractivity contribution in [2.45, 2.75) is 6.04 Å². The number of hydrogen-bond donors (Lipinski definition) is 3. The number of nitrogens with one attached hydrogen (secondary N) is 3. The molecule has 0 aromatic heterocycles. The summed E-state index contributed by atoms with van der Waals surface area (Å²) in [5.41, 5.74) is 0.315. The molecule has 108 valence electrons. The van der Waals surface area contributed by atoms with Crippen molar-refractivity contribution in [2.75, 3.05) is 31.6 Å². The van der Waals surface area contributed by atoms with Crippen LogP contribution in [-0.4, -0.2) is 43.3 Å². The molecule has 1 saturated heterocycles. The quantitative estimate of drug-likeness (QED) is 0.556. The van der Waals surface area contributed by atoms with E-state index in [0.717, 1.165) is 6.54 Å². The molecule has 3 N–H and O–H groups in total. The molecule has 0 radical (unpaired) electrons. The number of nitrogens with zero attached hydrogens (tertiary/aromatic N) is 1. The molecule has 1 atom stereocenters. The molecule has 0 aliphatic carbocycles. The van der Waals surface area contributed by atoms with Crippen LogP contribution in [0.15, 0.2) is 24.3 Å². The maximum atomic E-state index is 11.7. The van der Waals surface area contributed by atoms with Gasteiger partial charge in [0, 0.05) is 37.0 Å². The van der Waals surface area contributed by atoms with E-state index in [-0.39, 0.29) is 11.7 Å². The van der Waals surface area contributed by atoms with Crippen molar-refractivity contribution in [1.29, 1.82) is 0 Å². The van der Waals surface area contributed by atoms with Gasteiger partial charge >= 0.3 is 6.03 Å². The van der Waals surface area contributed by atoms with E-state index in [1.165, 1.54) is 18.2 Å². The summed E-state index contributed by atoms with van der Waals surface area (Å²) in [4.78, 5) is 21.8. The highest BCUT2D eigenvalue weighted by Crippen LogP contribution is 2.16. The fourth-order valence-corrected chi connectivity index (χ4v) is 1.84. The maximum absolute atomic E-state index is 11.7. The zero-order valence-corrected chi connectivity index (χ0v) is 10.8. The first kappa shape index (κ1) is 14.2. The number of nitro groups is 1. The van der Waals surface area contributed by atoms with Crippen LogP contribution in [0.5, 0.6) is 0 Å². The standard InChI is InChI=1S/C12H16N4O4/c17-12(14-7-10-8-20-5-4-13-10)15-9-2-1-3-11(6-9)16(18)19/h1-3,6,10,13H,4-5,7-8H2,(H2,14,15,17). The molecule has 1 fully saturated rings. The Kier molecular flexibility index (Phi) is 4.85. The van der Waals surface area contributed by atoms with Crippen molar-refractivity contribution >= 4 is 17.4 Å². The van der Waals surface area contributed by atoms with Crippen LogP contribution in [0.1, 0.15) is 0 Å². The molecule has 1 unspecified atom stereocenters. The molecule has 8 nitrogen and oxygen atoms in total. The van der Waals surface area contributed by atoms with Crippen LogP contribution in [0.25, 0.3) is 0 Å². The third-order valence-corrected chi connectivity index (χ3v) is 2.82. The van der Waals surface area contributed by atoms with Crippen LogP contribution in [0.2, 0.25) is 0 Å². The Morgan fingerprint density at radius 1 is 1.55 bits per heavy atom. The van der Waals surface area contributed by atoms with Gasteiger partial charge in [0.2, 0.25) is 0 Å². The zero-order chi connectivity index (χ0) is 14.4. The number of hydrogen-bond acceptors (Lipinski definition) is 5. The van der Waals surface area contributed by atoms with Gasteiger partial charge in [-0.3, -0.25) is 10.1 Å². The monoisotopic (exact) mass is 280 g/mol. The SMILES string of the molecule is O=C(NCC1COCCN1)Nc1cccc([N+](=O)[O-])c1. The van der Waals surface area contributed by atoms with Crippen LogP contribution in [-0.2, 0) is 4.74 Å². The number of ether oxygens (including phenoxy) is 1. The Labute approximate surface area is 115 Å². The predicted molar refractivity (Wildman–Crippen MR) is 72.7 cm³/mol. The topological polar surface area (TPSA) is 106 Å². The number of anilines is 1. The fraction of sp³-hybridized carbons (Fsp3) is 0.417. The smallest absolute Gasteiger partial charge is 0.319 e. The van der Waals surface area contributed by atoms with Gasteiger partial charge in [-0.25, -0.2) is 4.79 Å². The van der Waals surface area contributed by atoms with Gasteiger partial charge in [0.25, 0.3) is 5.69 Å². The lowest BCUT2D eigenvalue weighted by molar-refractivity contribution is -0.384. The van der Waals surface area contributed by atoms with Crippen LogP contribution in [0, 0.1) is 10.1 Å². The Balaban J connectivity index is 1.81. The number of morpholine rings is 1. The van der Waals surface area contributed by atoms with Gasteiger partial charge in [-0.05, 0) is 6.07 Å². The average Bonchev–Trinajstić information content (AvgIpc) is 2.46. The average molecular weight is 280 g/mol. The minimum Gasteiger partial charge on any atom is -0.378 e. The third kappa shape index (κ3) is 4.18. The second-order valence-corrected chi connectivity index (χ2v) is 4.37. The summed E-state index contributed by atoms with van der Waals surface area (Å²) in [6.45, 7) is 2.42. The highest BCUT2D eigenvalue weighted by Gasteiger charge is 2.14. The molecule has 0 saturated carbocycles. The number of non-ortho nitro benzene ring substituents is 1. The van der Waals surface area contributed by atoms with Crippen molar-refractivity contribution in [3.63, 3.8) is 0 Å². The molecule has 1 aliphatic heterocycles. The first-order valence-corrected chi connectivity index (χ1v) is 6.25. The van der Waals surface area contributed by atoms with E-state index in [2.05, 4.69) is 16.0 Å². The lowest BCUT2D eigenvalue weighted by atomic mass is 10.3. The van der Waals surface area contributed by atoms with E-state index in [4.69, 9.17) is 4.74 Å². The minimum absolute atomic E-state index is 0.0647. The normalized spacial score (nSPS) is 18.3. The molecule has 1 aromatic rings. The van der Waals surface area contributed by atoms with Gasteiger partial charge in [-0.1, -0.05) is 6.07 Å². The first-order chi connectivity index (χ1) is 9.65. The Bertz CT molecular complexity index is 488. The first-order valence-electron chi connectivity index (χ1n) is 6.25. The molecule has 2 amide bonds. The molecule has 0 bridgehead atoms. The van der Waals surface area contributed by atoms with Crippen molar-refractivity contribution in [1.82, 2.24) is 10.6 Å². The van der Waals surface area contributed by atoms with Crippen LogP contribution in [0.3, 0.4) is 0 Å². The molecule has 8 heteroatoms. The number of amides is 2. The summed E-state index contributed by atoms with van der Waals surface area (Å²) in [6.07, 6.45) is 0. The molecule has 1 aliphatic rings. The van der Waals surface area contributed by atoms with Crippen LogP contribution < -0.4 is 16.0 Å². The predicted octanol–water partition coefficient (Wildman–Crippen LogP) is 0.705. The number of nitro benzene ring substituents is 1. The molecule has 1 heterocycles. The summed E-state index contributed by atoms with van der Waals surface area (Å²) < 4.78 is 5.27. The van der Waals surface area contributed by atoms with Gasteiger partial charge in [-0.15, -0.1) is 0 Å². The second-order valence-electron chi connectivity index (χ2n) is 4.37. The maximum Gasteiger partial charge on any atom is 0.319 e. The number of rotatable bonds is 4. The van der Waals surface area contributed by atoms with Gasteiger partial charge in [0.15, 0.2) is 0 Å². The molecular formula is C12H16N4O4. The lowest BCUT2D eigenvalue weighted by Gasteiger charge is -2.23. The van der Waals surface area contributed by atoms with Crippen molar-refractivity contribution < 1.29 is 14.5 Å². The summed E-state index contributed by atoms with van der Waals surface area (Å²) in [7, 11) is 0. The number of benzene rings is 1. The molecule has 2 rings (SSSR count). The summed E-state index contributed by atoms with van der Waals surface area (Å²) in [5, 5.41) is 19.1. The molecule has 1 aromatic carbocycles. The number of carbonyl (C=O) groups excluding carboxylic acids is 1. The Hall–Kier alpha value is -2.19. The fourth-order valence-electron chi connectivity index (χ4n) is 1.84. The second kappa shape index (κ2) is 6.83. The van der Waals surface area contributed by atoms with Gasteiger partial charge in [-0.2, -0.15) is 0 Å². The van der Waals surface area contributed by atoms with Gasteiger partial charge < -0.3 is 20.7 Å². The molecule has 0 spiro atoms. The Morgan fingerprint density at radius 3 is 3.10 bits per heavy atom. The van der Waals surface area contributed by atoms with Crippen molar-refractivity contribution in [2.24, 2.45) is 0 Å². The van der Waals surface area contributed by atoms with Crippen molar-refractivity contribution in [3.8, 4) is 0 Å². The third-order valence-electron chi connectivity index (χ3n) is 2.82.